The second kappa shape index (κ2) is 10.6. The van der Waals surface area contributed by atoms with E-state index >= 15 is 0 Å². The molecule has 1 saturated carbocycles. The molecule has 1 aromatic heterocycles. The van der Waals surface area contributed by atoms with Gasteiger partial charge in [0.2, 0.25) is 5.91 Å². The van der Waals surface area contributed by atoms with Crippen LogP contribution in [0.2, 0.25) is 0 Å². The molecule has 0 bridgehead atoms. The van der Waals surface area contributed by atoms with Crippen LogP contribution in [0.15, 0.2) is 54.6 Å². The van der Waals surface area contributed by atoms with E-state index in [9.17, 15) is 9.59 Å². The summed E-state index contributed by atoms with van der Waals surface area (Å²) in [5, 5.41) is 3.77. The minimum atomic E-state index is -0.0157. The summed E-state index contributed by atoms with van der Waals surface area (Å²) in [4.78, 5) is 34.9. The van der Waals surface area contributed by atoms with Crippen LogP contribution >= 0.6 is 0 Å². The van der Waals surface area contributed by atoms with Crippen molar-refractivity contribution in [2.45, 2.75) is 51.5 Å². The van der Waals surface area contributed by atoms with E-state index in [0.717, 1.165) is 54.0 Å². The average Bonchev–Trinajstić information content (AvgIpc) is 2.93. The molecule has 1 aliphatic carbocycles. The van der Waals surface area contributed by atoms with Crippen LogP contribution in [-0.2, 0) is 4.79 Å². The van der Waals surface area contributed by atoms with E-state index in [-0.39, 0.29) is 11.8 Å². The third kappa shape index (κ3) is 5.22. The number of piperazine rings is 1. The number of benzene rings is 2. The van der Waals surface area contributed by atoms with Crippen molar-refractivity contribution in [2.75, 3.05) is 31.5 Å². The first-order valence-corrected chi connectivity index (χ1v) is 13.0. The molecular formula is C29H34N4O2. The van der Waals surface area contributed by atoms with E-state index in [1.165, 1.54) is 32.1 Å². The Balaban J connectivity index is 1.38. The zero-order chi connectivity index (χ0) is 24.2. The quantitative estimate of drug-likeness (QED) is 0.547. The Hall–Kier alpha value is -3.25. The van der Waals surface area contributed by atoms with Crippen molar-refractivity contribution in [2.24, 2.45) is 0 Å². The van der Waals surface area contributed by atoms with Crippen molar-refractivity contribution in [3.8, 4) is 11.3 Å². The number of carbonyl (C=O) groups is 2. The molecule has 3 aromatic rings. The van der Waals surface area contributed by atoms with Crippen LogP contribution in [-0.4, -0.2) is 58.8 Å². The van der Waals surface area contributed by atoms with Crippen LogP contribution in [0.3, 0.4) is 0 Å². The highest BCUT2D eigenvalue weighted by Gasteiger charge is 2.28. The van der Waals surface area contributed by atoms with Gasteiger partial charge in [0.05, 0.1) is 16.8 Å². The Labute approximate surface area is 207 Å². The van der Waals surface area contributed by atoms with Crippen LogP contribution in [0.1, 0.15) is 55.8 Å². The molecule has 182 valence electrons. The van der Waals surface area contributed by atoms with Gasteiger partial charge in [-0.15, -0.1) is 0 Å². The van der Waals surface area contributed by atoms with Crippen molar-refractivity contribution in [1.82, 2.24) is 14.8 Å². The lowest BCUT2D eigenvalue weighted by Crippen LogP contribution is -2.52. The molecule has 0 radical (unpaired) electrons. The first kappa shape index (κ1) is 23.5. The largest absolute Gasteiger partial charge is 0.336 e. The lowest BCUT2D eigenvalue weighted by atomic mass is 9.94. The van der Waals surface area contributed by atoms with Gasteiger partial charge in [-0.2, -0.15) is 0 Å². The number of nitrogens with one attached hydrogen (secondary N) is 1. The first-order chi connectivity index (χ1) is 17.1. The Morgan fingerprint density at radius 2 is 1.66 bits per heavy atom. The highest BCUT2D eigenvalue weighted by molar-refractivity contribution is 6.07. The summed E-state index contributed by atoms with van der Waals surface area (Å²) in [5.41, 5.74) is 3.97. The van der Waals surface area contributed by atoms with Crippen LogP contribution in [0.4, 0.5) is 5.69 Å². The number of para-hydroxylation sites is 1. The molecular weight excluding hydrogens is 436 g/mol. The maximum atomic E-state index is 13.7. The molecule has 6 heteroatoms. The van der Waals surface area contributed by atoms with Crippen LogP contribution in [0.5, 0.6) is 0 Å². The second-order valence-electron chi connectivity index (χ2n) is 9.67. The molecule has 2 amide bonds. The zero-order valence-corrected chi connectivity index (χ0v) is 20.5. The number of rotatable bonds is 5. The van der Waals surface area contributed by atoms with Crippen molar-refractivity contribution in [3.05, 3.63) is 60.2 Å². The fourth-order valence-corrected chi connectivity index (χ4v) is 5.38. The number of amides is 2. The molecule has 2 heterocycles. The number of carbonyl (C=O) groups excluding carboxylic acids is 2. The normalized spacial score (nSPS) is 17.5. The van der Waals surface area contributed by atoms with Crippen molar-refractivity contribution >= 4 is 28.4 Å². The minimum absolute atomic E-state index is 0.0157. The van der Waals surface area contributed by atoms with E-state index in [0.29, 0.717) is 18.0 Å². The van der Waals surface area contributed by atoms with E-state index in [2.05, 4.69) is 10.2 Å². The van der Waals surface area contributed by atoms with Crippen molar-refractivity contribution in [3.63, 3.8) is 0 Å². The molecule has 1 N–H and O–H groups in total. The van der Waals surface area contributed by atoms with Crippen molar-refractivity contribution in [1.29, 1.82) is 0 Å². The van der Waals surface area contributed by atoms with Crippen LogP contribution in [0.25, 0.3) is 22.2 Å². The lowest BCUT2D eigenvalue weighted by Gasteiger charge is -2.40. The van der Waals surface area contributed by atoms with Crippen molar-refractivity contribution < 1.29 is 9.59 Å². The lowest BCUT2D eigenvalue weighted by molar-refractivity contribution is -0.115. The van der Waals surface area contributed by atoms with Crippen LogP contribution in [0, 0.1) is 0 Å². The SMILES string of the molecule is CCC(=O)Nc1ccc(-c2cc(C(=O)N3CCN(C4CCCCC4)CC3)c3ccccc3n2)cc1. The molecule has 0 atom stereocenters. The maximum Gasteiger partial charge on any atom is 0.254 e. The van der Waals surface area contributed by atoms with E-state index < -0.39 is 0 Å². The van der Waals surface area contributed by atoms with Gasteiger partial charge < -0.3 is 10.2 Å². The molecule has 2 aromatic carbocycles. The van der Waals surface area contributed by atoms with Gasteiger partial charge in [-0.05, 0) is 37.1 Å². The van der Waals surface area contributed by atoms with Gasteiger partial charge in [-0.1, -0.05) is 56.5 Å². The first-order valence-electron chi connectivity index (χ1n) is 13.0. The Kier molecular flexibility index (Phi) is 7.09. The molecule has 5 rings (SSSR count). The maximum absolute atomic E-state index is 13.7. The third-order valence-corrected chi connectivity index (χ3v) is 7.42. The van der Waals surface area contributed by atoms with E-state index in [4.69, 9.17) is 4.98 Å². The smallest absolute Gasteiger partial charge is 0.254 e. The number of fused-ring (bicyclic) bond motifs is 1. The van der Waals surface area contributed by atoms with Gasteiger partial charge in [0.1, 0.15) is 0 Å². The Morgan fingerprint density at radius 3 is 2.37 bits per heavy atom. The number of hydrogen-bond acceptors (Lipinski definition) is 4. The molecule has 6 nitrogen and oxygen atoms in total. The highest BCUT2D eigenvalue weighted by Crippen LogP contribution is 2.28. The average molecular weight is 471 g/mol. The second-order valence-corrected chi connectivity index (χ2v) is 9.67. The number of nitrogens with zero attached hydrogens (tertiary/aromatic N) is 3. The topological polar surface area (TPSA) is 65.5 Å². The fraction of sp³-hybridized carbons (Fsp3) is 0.414. The molecule has 2 fully saturated rings. The summed E-state index contributed by atoms with van der Waals surface area (Å²) in [6.45, 7) is 5.28. The van der Waals surface area contributed by atoms with E-state index in [1.807, 2.05) is 66.4 Å². The van der Waals surface area contributed by atoms with Gasteiger partial charge in [0, 0.05) is 55.3 Å². The van der Waals surface area contributed by atoms with Gasteiger partial charge in [-0.3, -0.25) is 14.5 Å². The fourth-order valence-electron chi connectivity index (χ4n) is 5.38. The summed E-state index contributed by atoms with van der Waals surface area (Å²) in [7, 11) is 0. The third-order valence-electron chi connectivity index (χ3n) is 7.42. The zero-order valence-electron chi connectivity index (χ0n) is 20.5. The summed E-state index contributed by atoms with van der Waals surface area (Å²) in [6, 6.07) is 18.1. The predicted octanol–water partition coefficient (Wildman–Crippen LogP) is 5.34. The van der Waals surface area contributed by atoms with Gasteiger partial charge in [0.25, 0.3) is 5.91 Å². The van der Waals surface area contributed by atoms with Gasteiger partial charge in [-0.25, -0.2) is 4.98 Å². The summed E-state index contributed by atoms with van der Waals surface area (Å²) in [5.74, 6) is 0.0676. The van der Waals surface area contributed by atoms with E-state index in [1.54, 1.807) is 0 Å². The molecule has 2 aliphatic rings. The standard InChI is InChI=1S/C29H34N4O2/c1-2-28(34)30-22-14-12-21(13-15-22)27-20-25(24-10-6-7-11-26(24)31-27)29(35)33-18-16-32(17-19-33)23-8-4-3-5-9-23/h6-7,10-15,20,23H,2-5,8-9,16-19H2,1H3,(H,30,34). The Bertz CT molecular complexity index is 1190. The number of pyridine rings is 1. The summed E-state index contributed by atoms with van der Waals surface area (Å²) in [6.07, 6.45) is 7.07. The minimum Gasteiger partial charge on any atom is -0.336 e. The Morgan fingerprint density at radius 1 is 0.943 bits per heavy atom. The number of aromatic nitrogens is 1. The molecule has 1 aliphatic heterocycles. The van der Waals surface area contributed by atoms with Crippen LogP contribution < -0.4 is 5.32 Å². The molecule has 35 heavy (non-hydrogen) atoms. The molecule has 0 spiro atoms. The summed E-state index contributed by atoms with van der Waals surface area (Å²) >= 11 is 0. The number of hydrogen-bond donors (Lipinski definition) is 1. The van der Waals surface area contributed by atoms with Gasteiger partial charge >= 0.3 is 0 Å². The predicted molar refractivity (Wildman–Crippen MR) is 140 cm³/mol. The number of anilines is 1. The monoisotopic (exact) mass is 470 g/mol. The highest BCUT2D eigenvalue weighted by atomic mass is 16.2. The molecule has 1 saturated heterocycles. The molecule has 0 unspecified atom stereocenters. The summed E-state index contributed by atoms with van der Waals surface area (Å²) < 4.78 is 0. The van der Waals surface area contributed by atoms with Gasteiger partial charge in [0.15, 0.2) is 0 Å².